The van der Waals surface area contributed by atoms with E-state index in [2.05, 4.69) is 15.6 Å². The highest BCUT2D eigenvalue weighted by molar-refractivity contribution is 7.92. The van der Waals surface area contributed by atoms with Crippen molar-refractivity contribution in [2.75, 3.05) is 22.4 Å². The first-order valence-electron chi connectivity index (χ1n) is 10.5. The second-order valence-corrected chi connectivity index (χ2v) is 9.86. The minimum Gasteiger partial charge on any atom is -0.476 e. The van der Waals surface area contributed by atoms with E-state index in [4.69, 9.17) is 4.74 Å². The van der Waals surface area contributed by atoms with Crippen molar-refractivity contribution in [2.45, 2.75) is 19.6 Å². The van der Waals surface area contributed by atoms with E-state index >= 15 is 0 Å². The molecule has 2 amide bonds. The van der Waals surface area contributed by atoms with Crippen LogP contribution < -0.4 is 19.7 Å². The predicted octanol–water partition coefficient (Wildman–Crippen LogP) is 2.49. The molecule has 9 nitrogen and oxygen atoms in total. The van der Waals surface area contributed by atoms with Gasteiger partial charge in [0.15, 0.2) is 6.10 Å². The second kappa shape index (κ2) is 9.52. The fourth-order valence-electron chi connectivity index (χ4n) is 3.60. The molecule has 2 heterocycles. The van der Waals surface area contributed by atoms with Crippen LogP contribution in [0, 0.1) is 6.92 Å². The monoisotopic (exact) mass is 480 g/mol. The molecule has 0 spiro atoms. The molecule has 1 unspecified atom stereocenters. The fourth-order valence-corrected chi connectivity index (χ4v) is 4.50. The molecule has 1 aliphatic rings. The molecule has 0 bridgehead atoms. The van der Waals surface area contributed by atoms with Gasteiger partial charge in [-0.1, -0.05) is 24.3 Å². The van der Waals surface area contributed by atoms with E-state index in [0.717, 1.165) is 21.7 Å². The molecule has 0 aliphatic carbocycles. The number of aromatic nitrogens is 1. The summed E-state index contributed by atoms with van der Waals surface area (Å²) < 4.78 is 31.8. The zero-order chi connectivity index (χ0) is 24.3. The van der Waals surface area contributed by atoms with Crippen molar-refractivity contribution in [3.63, 3.8) is 0 Å². The predicted molar refractivity (Wildman–Crippen MR) is 128 cm³/mol. The highest BCUT2D eigenvalue weighted by Crippen LogP contribution is 2.36. The van der Waals surface area contributed by atoms with Crippen LogP contribution in [0.15, 0.2) is 67.0 Å². The van der Waals surface area contributed by atoms with Crippen molar-refractivity contribution < 1.29 is 22.7 Å². The molecule has 176 valence electrons. The van der Waals surface area contributed by atoms with Crippen LogP contribution in [0.4, 0.5) is 11.4 Å². The lowest BCUT2D eigenvalue weighted by atomic mass is 10.1. The summed E-state index contributed by atoms with van der Waals surface area (Å²) in [7, 11) is -3.65. The van der Waals surface area contributed by atoms with Gasteiger partial charge in [-0.05, 0) is 48.4 Å². The number of nitrogens with zero attached hydrogens (tertiary/aromatic N) is 2. The van der Waals surface area contributed by atoms with Crippen molar-refractivity contribution in [3.8, 4) is 5.75 Å². The number of rotatable bonds is 6. The van der Waals surface area contributed by atoms with Crippen LogP contribution in [-0.4, -0.2) is 44.1 Å². The Labute approximate surface area is 197 Å². The minimum atomic E-state index is -3.65. The number of nitrogens with one attached hydrogen (secondary N) is 2. The van der Waals surface area contributed by atoms with E-state index in [1.54, 1.807) is 60.9 Å². The summed E-state index contributed by atoms with van der Waals surface area (Å²) in [5.74, 6) is -0.639. The molecule has 0 saturated carbocycles. The van der Waals surface area contributed by atoms with Gasteiger partial charge in [0.1, 0.15) is 5.75 Å². The first-order valence-corrected chi connectivity index (χ1v) is 12.4. The molecule has 2 aromatic carbocycles. The number of carbonyl (C=O) groups is 2. The smallest absolute Gasteiger partial charge is 0.267 e. The van der Waals surface area contributed by atoms with Gasteiger partial charge in [0.2, 0.25) is 10.0 Å². The molecule has 1 atom stereocenters. The van der Waals surface area contributed by atoms with Crippen molar-refractivity contribution in [2.24, 2.45) is 0 Å². The van der Waals surface area contributed by atoms with Crippen LogP contribution in [0.25, 0.3) is 0 Å². The zero-order valence-corrected chi connectivity index (χ0v) is 19.5. The summed E-state index contributed by atoms with van der Waals surface area (Å²) in [6.07, 6.45) is 3.28. The number of aryl methyl sites for hydroxylation is 1. The highest BCUT2D eigenvalue weighted by atomic mass is 32.2. The molecule has 3 aromatic rings. The first kappa shape index (κ1) is 23.2. The van der Waals surface area contributed by atoms with Crippen LogP contribution in [0.3, 0.4) is 0 Å². The first-order chi connectivity index (χ1) is 16.2. The molecule has 1 aliphatic heterocycles. The SMILES string of the molecule is Cc1ccc2c(c1)N(S(C)(=O)=O)CC(C(=O)Nc1ccccc1C(=O)NCc1cccnc1)O2. The Morgan fingerprint density at radius 2 is 1.94 bits per heavy atom. The maximum absolute atomic E-state index is 13.1. The lowest BCUT2D eigenvalue weighted by molar-refractivity contribution is -0.122. The Bertz CT molecular complexity index is 1330. The molecule has 1 aromatic heterocycles. The van der Waals surface area contributed by atoms with Gasteiger partial charge in [0, 0.05) is 18.9 Å². The second-order valence-electron chi connectivity index (χ2n) is 7.95. The number of amides is 2. The Morgan fingerprint density at radius 3 is 2.68 bits per heavy atom. The number of para-hydroxylation sites is 1. The lowest BCUT2D eigenvalue weighted by Crippen LogP contribution is -2.48. The Kier molecular flexibility index (Phi) is 6.51. The minimum absolute atomic E-state index is 0.184. The number of anilines is 2. The Balaban J connectivity index is 1.52. The van der Waals surface area contributed by atoms with E-state index in [-0.39, 0.29) is 24.6 Å². The van der Waals surface area contributed by atoms with Gasteiger partial charge >= 0.3 is 0 Å². The molecule has 4 rings (SSSR count). The van der Waals surface area contributed by atoms with Crippen LogP contribution in [-0.2, 0) is 21.4 Å². The van der Waals surface area contributed by atoms with Crippen molar-refractivity contribution >= 4 is 33.2 Å². The van der Waals surface area contributed by atoms with E-state index in [9.17, 15) is 18.0 Å². The van der Waals surface area contributed by atoms with Gasteiger partial charge in [-0.2, -0.15) is 0 Å². The van der Waals surface area contributed by atoms with E-state index < -0.39 is 22.0 Å². The van der Waals surface area contributed by atoms with Gasteiger partial charge in [0.25, 0.3) is 11.8 Å². The lowest BCUT2D eigenvalue weighted by Gasteiger charge is -2.34. The zero-order valence-electron chi connectivity index (χ0n) is 18.7. The maximum Gasteiger partial charge on any atom is 0.267 e. The summed E-state index contributed by atoms with van der Waals surface area (Å²) >= 11 is 0. The number of fused-ring (bicyclic) bond motifs is 1. The average Bonchev–Trinajstić information content (AvgIpc) is 2.82. The Morgan fingerprint density at radius 1 is 1.15 bits per heavy atom. The molecule has 0 radical (unpaired) electrons. The summed E-state index contributed by atoms with van der Waals surface area (Å²) in [5, 5.41) is 5.52. The summed E-state index contributed by atoms with van der Waals surface area (Å²) in [6.45, 7) is 1.94. The quantitative estimate of drug-likeness (QED) is 0.560. The largest absolute Gasteiger partial charge is 0.476 e. The molecule has 10 heteroatoms. The third-order valence-electron chi connectivity index (χ3n) is 5.28. The van der Waals surface area contributed by atoms with E-state index in [0.29, 0.717) is 17.1 Å². The van der Waals surface area contributed by atoms with Gasteiger partial charge in [-0.15, -0.1) is 0 Å². The molecular weight excluding hydrogens is 456 g/mol. The molecule has 0 fully saturated rings. The van der Waals surface area contributed by atoms with Crippen LogP contribution in [0.2, 0.25) is 0 Å². The van der Waals surface area contributed by atoms with Crippen LogP contribution in [0.5, 0.6) is 5.75 Å². The summed E-state index contributed by atoms with van der Waals surface area (Å²) in [4.78, 5) is 29.9. The standard InChI is InChI=1S/C24H24N4O5S/c1-16-9-10-21-20(12-16)28(34(2,31)32)15-22(33-21)24(30)27-19-8-4-3-7-18(19)23(29)26-14-17-6-5-11-25-13-17/h3-13,22H,14-15H2,1-2H3,(H,26,29)(H,27,30). The van der Waals surface area contributed by atoms with Crippen molar-refractivity contribution in [1.82, 2.24) is 10.3 Å². The summed E-state index contributed by atoms with van der Waals surface area (Å²) in [5.41, 5.74) is 2.65. The molecule has 2 N–H and O–H groups in total. The van der Waals surface area contributed by atoms with E-state index in [1.165, 1.54) is 0 Å². The average molecular weight is 481 g/mol. The topological polar surface area (TPSA) is 118 Å². The van der Waals surface area contributed by atoms with Crippen LogP contribution in [0.1, 0.15) is 21.5 Å². The number of benzene rings is 2. The van der Waals surface area contributed by atoms with E-state index in [1.807, 2.05) is 13.0 Å². The van der Waals surface area contributed by atoms with Crippen molar-refractivity contribution in [1.29, 1.82) is 0 Å². The number of ether oxygens (including phenoxy) is 1. The van der Waals surface area contributed by atoms with Gasteiger partial charge < -0.3 is 15.4 Å². The van der Waals surface area contributed by atoms with Gasteiger partial charge in [-0.25, -0.2) is 8.42 Å². The maximum atomic E-state index is 13.1. The molecular formula is C24H24N4O5S. The number of hydrogen-bond donors (Lipinski definition) is 2. The normalized spacial score (nSPS) is 15.1. The van der Waals surface area contributed by atoms with Gasteiger partial charge in [0.05, 0.1) is 29.7 Å². The third-order valence-corrected chi connectivity index (χ3v) is 6.43. The Hall–Kier alpha value is -3.92. The highest BCUT2D eigenvalue weighted by Gasteiger charge is 2.35. The number of carbonyl (C=O) groups excluding carboxylic acids is 2. The number of sulfonamides is 1. The fraction of sp³-hybridized carbons (Fsp3) is 0.208. The number of hydrogen-bond acceptors (Lipinski definition) is 6. The molecule has 34 heavy (non-hydrogen) atoms. The van der Waals surface area contributed by atoms with Crippen LogP contribution >= 0.6 is 0 Å². The van der Waals surface area contributed by atoms with Gasteiger partial charge in [-0.3, -0.25) is 18.9 Å². The van der Waals surface area contributed by atoms with Crippen molar-refractivity contribution in [3.05, 3.63) is 83.7 Å². The third kappa shape index (κ3) is 5.18. The summed E-state index contributed by atoms with van der Waals surface area (Å²) in [6, 6.07) is 15.3. The number of pyridine rings is 1. The molecule has 0 saturated heterocycles.